The van der Waals surface area contributed by atoms with Gasteiger partial charge in [-0.05, 0) is 36.8 Å². The summed E-state index contributed by atoms with van der Waals surface area (Å²) in [5.41, 5.74) is -6.85. The maximum absolute atomic E-state index is 13.6. The van der Waals surface area contributed by atoms with Crippen molar-refractivity contribution in [1.82, 2.24) is 15.0 Å². The Hall–Kier alpha value is -3.70. The highest BCUT2D eigenvalue weighted by Crippen LogP contribution is 2.44. The summed E-state index contributed by atoms with van der Waals surface area (Å²) in [6.45, 7) is 1.05. The Morgan fingerprint density at radius 3 is 1.69 bits per heavy atom. The lowest BCUT2D eigenvalue weighted by Crippen LogP contribution is -2.19. The lowest BCUT2D eigenvalue weighted by Gasteiger charge is -2.18. The molecule has 0 fully saturated rings. The third-order valence-electron chi connectivity index (χ3n) is 5.57. The lowest BCUT2D eigenvalue weighted by molar-refractivity contribution is -0.164. The second-order valence-electron chi connectivity index (χ2n) is 7.90. The number of hydrogen-bond donors (Lipinski definition) is 0. The van der Waals surface area contributed by atoms with Crippen molar-refractivity contribution in [2.75, 3.05) is 0 Å². The van der Waals surface area contributed by atoms with Gasteiger partial charge in [0.2, 0.25) is 0 Å². The first-order chi connectivity index (χ1) is 16.2. The number of fused-ring (bicyclic) bond motifs is 7. The quantitative estimate of drug-likeness (QED) is 0.124. The zero-order valence-electron chi connectivity index (χ0n) is 17.3. The van der Waals surface area contributed by atoms with Crippen LogP contribution in [0, 0.1) is 6.92 Å². The summed E-state index contributed by atoms with van der Waals surface area (Å²) in [5.74, 6) is 0. The monoisotopic (exact) mass is 499 g/mol. The van der Waals surface area contributed by atoms with Gasteiger partial charge < -0.3 is 0 Å². The van der Waals surface area contributed by atoms with E-state index in [1.54, 1.807) is 18.2 Å². The average Bonchev–Trinajstić information content (AvgIpc) is 2.75. The summed E-state index contributed by atoms with van der Waals surface area (Å²) in [5, 5.41) is -0.243. The molecule has 0 aliphatic carbocycles. The molecule has 0 unspecified atom stereocenters. The van der Waals surface area contributed by atoms with Crippen LogP contribution in [-0.4, -0.2) is 15.0 Å². The van der Waals surface area contributed by atoms with Crippen molar-refractivity contribution in [3.05, 3.63) is 65.0 Å². The standard InChI is InChI=1S/C23H10F9N3/c1-9-6-11-17(34-19(9)22(27,28)29)12-7-10-4-2-3-5-15(10)33-16(12)13-8-14(21(24,25)26)20(23(30,31)32)35-18(11)13/h2-8H,1H3. The van der Waals surface area contributed by atoms with E-state index in [9.17, 15) is 39.5 Å². The van der Waals surface area contributed by atoms with Crippen LogP contribution in [0.3, 0.4) is 0 Å². The molecular weight excluding hydrogens is 489 g/mol. The number of alkyl halides is 9. The Labute approximate surface area is 189 Å². The van der Waals surface area contributed by atoms with Gasteiger partial charge in [-0.25, -0.2) is 15.0 Å². The van der Waals surface area contributed by atoms with Crippen molar-refractivity contribution in [1.29, 1.82) is 0 Å². The van der Waals surface area contributed by atoms with Crippen molar-refractivity contribution in [2.45, 2.75) is 25.5 Å². The molecule has 0 amide bonds. The minimum Gasteiger partial charge on any atom is -0.247 e. The van der Waals surface area contributed by atoms with E-state index in [0.29, 0.717) is 11.5 Å². The predicted molar refractivity (Wildman–Crippen MR) is 110 cm³/mol. The molecule has 0 bridgehead atoms. The van der Waals surface area contributed by atoms with E-state index in [0.717, 1.165) is 13.0 Å². The maximum Gasteiger partial charge on any atom is 0.433 e. The molecule has 180 valence electrons. The van der Waals surface area contributed by atoms with E-state index in [4.69, 9.17) is 0 Å². The SMILES string of the molecule is Cc1cc2c(nc1C(F)(F)F)c1cc3ccccc3nc1c1cc(C(F)(F)F)c(C(F)(F)F)nc21. The molecule has 0 aliphatic heterocycles. The number of rotatable bonds is 0. The largest absolute Gasteiger partial charge is 0.433 e. The number of aromatic nitrogens is 3. The van der Waals surface area contributed by atoms with Gasteiger partial charge in [0, 0.05) is 21.5 Å². The minimum absolute atomic E-state index is 0.0496. The maximum atomic E-state index is 13.6. The third kappa shape index (κ3) is 3.67. The van der Waals surface area contributed by atoms with E-state index < -0.39 is 46.6 Å². The van der Waals surface area contributed by atoms with Crippen LogP contribution >= 0.6 is 0 Å². The number of nitrogens with zero attached hydrogens (tertiary/aromatic N) is 3. The van der Waals surface area contributed by atoms with Gasteiger partial charge in [-0.1, -0.05) is 18.2 Å². The molecule has 35 heavy (non-hydrogen) atoms. The smallest absolute Gasteiger partial charge is 0.247 e. The fourth-order valence-electron chi connectivity index (χ4n) is 4.12. The van der Waals surface area contributed by atoms with Crippen molar-refractivity contribution in [2.24, 2.45) is 0 Å². The van der Waals surface area contributed by atoms with Crippen LogP contribution in [0.15, 0.2) is 42.5 Å². The summed E-state index contributed by atoms with van der Waals surface area (Å²) in [7, 11) is 0. The van der Waals surface area contributed by atoms with E-state index in [2.05, 4.69) is 15.0 Å². The summed E-state index contributed by atoms with van der Waals surface area (Å²) in [6, 6.07) is 8.92. The highest BCUT2D eigenvalue weighted by molar-refractivity contribution is 6.23. The zero-order chi connectivity index (χ0) is 25.5. The van der Waals surface area contributed by atoms with Crippen LogP contribution < -0.4 is 0 Å². The molecule has 3 heterocycles. The summed E-state index contributed by atoms with van der Waals surface area (Å²) >= 11 is 0. The number of pyridine rings is 3. The lowest BCUT2D eigenvalue weighted by atomic mass is 9.98. The highest BCUT2D eigenvalue weighted by Gasteiger charge is 2.45. The van der Waals surface area contributed by atoms with E-state index in [1.165, 1.54) is 12.1 Å². The second kappa shape index (κ2) is 7.15. The van der Waals surface area contributed by atoms with E-state index in [-0.39, 0.29) is 32.7 Å². The van der Waals surface area contributed by atoms with Crippen molar-refractivity contribution in [3.63, 3.8) is 0 Å². The molecule has 2 aromatic carbocycles. The molecule has 5 rings (SSSR count). The number of benzene rings is 2. The molecule has 0 aliphatic rings. The third-order valence-corrected chi connectivity index (χ3v) is 5.57. The normalized spacial score (nSPS) is 13.4. The Balaban J connectivity index is 2.10. The van der Waals surface area contributed by atoms with Gasteiger partial charge in [0.05, 0.1) is 27.6 Å². The van der Waals surface area contributed by atoms with Gasteiger partial charge in [-0.15, -0.1) is 0 Å². The van der Waals surface area contributed by atoms with Gasteiger partial charge in [-0.3, -0.25) is 0 Å². The van der Waals surface area contributed by atoms with Crippen LogP contribution in [0.1, 0.15) is 22.5 Å². The molecule has 0 N–H and O–H groups in total. The van der Waals surface area contributed by atoms with Crippen LogP contribution in [0.4, 0.5) is 39.5 Å². The van der Waals surface area contributed by atoms with Crippen LogP contribution in [0.25, 0.3) is 43.6 Å². The van der Waals surface area contributed by atoms with Crippen LogP contribution in [0.2, 0.25) is 0 Å². The molecule has 0 saturated heterocycles. The first kappa shape index (κ1) is 23.1. The van der Waals surface area contributed by atoms with Crippen molar-refractivity contribution in [3.8, 4) is 0 Å². The number of hydrogen-bond acceptors (Lipinski definition) is 3. The molecule has 3 aromatic heterocycles. The van der Waals surface area contributed by atoms with Gasteiger partial charge in [0.25, 0.3) is 0 Å². The van der Waals surface area contributed by atoms with Gasteiger partial charge in [0.15, 0.2) is 5.69 Å². The first-order valence-electron chi connectivity index (χ1n) is 9.85. The second-order valence-corrected chi connectivity index (χ2v) is 7.90. The zero-order valence-corrected chi connectivity index (χ0v) is 17.3. The van der Waals surface area contributed by atoms with E-state index >= 15 is 0 Å². The Morgan fingerprint density at radius 2 is 1.09 bits per heavy atom. The Bertz CT molecular complexity index is 1670. The molecule has 0 spiro atoms. The average molecular weight is 499 g/mol. The van der Waals surface area contributed by atoms with Gasteiger partial charge in [0.1, 0.15) is 5.69 Å². The fourth-order valence-corrected chi connectivity index (χ4v) is 4.12. The minimum atomic E-state index is -5.48. The van der Waals surface area contributed by atoms with Crippen molar-refractivity contribution < 1.29 is 39.5 Å². The van der Waals surface area contributed by atoms with Gasteiger partial charge >= 0.3 is 18.5 Å². The molecule has 12 heteroatoms. The number of para-hydroxylation sites is 1. The Kier molecular flexibility index (Phi) is 4.71. The van der Waals surface area contributed by atoms with Crippen LogP contribution in [0.5, 0.6) is 0 Å². The summed E-state index contributed by atoms with van der Waals surface area (Å²) in [4.78, 5) is 11.3. The molecule has 0 atom stereocenters. The molecular formula is C23H10F9N3. The Morgan fingerprint density at radius 1 is 0.571 bits per heavy atom. The topological polar surface area (TPSA) is 38.7 Å². The first-order valence-corrected chi connectivity index (χ1v) is 9.85. The molecule has 5 aromatic rings. The van der Waals surface area contributed by atoms with E-state index in [1.807, 2.05) is 0 Å². The highest BCUT2D eigenvalue weighted by atomic mass is 19.4. The molecule has 0 radical (unpaired) electrons. The number of halogens is 9. The summed E-state index contributed by atoms with van der Waals surface area (Å²) < 4.78 is 122. The summed E-state index contributed by atoms with van der Waals surface area (Å²) in [6.07, 6.45) is -15.8. The molecule has 0 saturated carbocycles. The van der Waals surface area contributed by atoms with Crippen LogP contribution in [-0.2, 0) is 18.5 Å². The molecule has 3 nitrogen and oxygen atoms in total. The fraction of sp³-hybridized carbons (Fsp3) is 0.174. The van der Waals surface area contributed by atoms with Crippen molar-refractivity contribution >= 4 is 43.6 Å². The number of aryl methyl sites for hydroxylation is 1. The van der Waals surface area contributed by atoms with Gasteiger partial charge in [-0.2, -0.15) is 39.5 Å². The predicted octanol–water partition coefficient (Wildman–Crippen LogP) is 7.85.